The summed E-state index contributed by atoms with van der Waals surface area (Å²) in [6, 6.07) is 8.44. The predicted octanol–water partition coefficient (Wildman–Crippen LogP) is 3.10. The molecular weight excluding hydrogens is 172 g/mol. The molecule has 0 bridgehead atoms. The van der Waals surface area contributed by atoms with Gasteiger partial charge in [0.2, 0.25) is 0 Å². The molecule has 0 radical (unpaired) electrons. The zero-order valence-electron chi connectivity index (χ0n) is 8.33. The van der Waals surface area contributed by atoms with Crippen LogP contribution in [0, 0.1) is 18.3 Å². The number of aromatic amines is 1. The number of aromatic nitrogens is 1. The molecule has 70 valence electrons. The first-order valence-corrected chi connectivity index (χ1v) is 4.69. The van der Waals surface area contributed by atoms with Crippen molar-refractivity contribution in [3.8, 4) is 6.07 Å². The van der Waals surface area contributed by atoms with Crippen LogP contribution in [0.2, 0.25) is 0 Å². The lowest BCUT2D eigenvalue weighted by molar-refractivity contribution is 0.982. The Morgan fingerprint density at radius 1 is 1.43 bits per heavy atom. The van der Waals surface area contributed by atoms with Crippen LogP contribution in [0.25, 0.3) is 10.9 Å². The van der Waals surface area contributed by atoms with Crippen LogP contribution in [-0.4, -0.2) is 4.98 Å². The van der Waals surface area contributed by atoms with Gasteiger partial charge in [0.25, 0.3) is 0 Å². The van der Waals surface area contributed by atoms with Crippen molar-refractivity contribution >= 4 is 10.9 Å². The topological polar surface area (TPSA) is 39.6 Å². The van der Waals surface area contributed by atoms with Crippen LogP contribution >= 0.6 is 0 Å². The maximum atomic E-state index is 8.84. The van der Waals surface area contributed by atoms with Crippen molar-refractivity contribution in [3.63, 3.8) is 0 Å². The van der Waals surface area contributed by atoms with Crippen molar-refractivity contribution in [2.75, 3.05) is 0 Å². The van der Waals surface area contributed by atoms with Crippen molar-refractivity contribution in [3.05, 3.63) is 35.5 Å². The summed E-state index contributed by atoms with van der Waals surface area (Å²) in [6.07, 6.45) is 1.93. The average Bonchev–Trinajstić information content (AvgIpc) is 2.64. The van der Waals surface area contributed by atoms with E-state index >= 15 is 0 Å². The van der Waals surface area contributed by atoms with Gasteiger partial charge in [-0.05, 0) is 42.5 Å². The molecule has 1 aromatic heterocycles. The largest absolute Gasteiger partial charge is 0.361 e. The Balaban J connectivity index is 2.65. The number of nitrogens with zero attached hydrogens (tertiary/aromatic N) is 1. The van der Waals surface area contributed by atoms with Crippen molar-refractivity contribution in [2.45, 2.75) is 19.8 Å². The van der Waals surface area contributed by atoms with E-state index in [0.29, 0.717) is 0 Å². The van der Waals surface area contributed by atoms with E-state index in [1.807, 2.05) is 19.2 Å². The molecule has 1 N–H and O–H groups in total. The number of hydrogen-bond donors (Lipinski definition) is 1. The Bertz CT molecular complexity index is 503. The molecule has 2 heteroatoms. The van der Waals surface area contributed by atoms with E-state index in [9.17, 15) is 0 Å². The van der Waals surface area contributed by atoms with Crippen LogP contribution in [-0.2, 0) is 0 Å². The SMILES string of the molecule is Cc1cc(C(C)C#N)cc2cc[nH]c12. The van der Waals surface area contributed by atoms with E-state index in [4.69, 9.17) is 5.26 Å². The standard InChI is InChI=1S/C12H12N2/c1-8-5-11(9(2)7-13)6-10-3-4-14-12(8)10/h3-6,9,14H,1-2H3. The summed E-state index contributed by atoms with van der Waals surface area (Å²) < 4.78 is 0. The van der Waals surface area contributed by atoms with Gasteiger partial charge in [-0.25, -0.2) is 0 Å². The van der Waals surface area contributed by atoms with Crippen LogP contribution in [0.1, 0.15) is 24.0 Å². The van der Waals surface area contributed by atoms with E-state index in [0.717, 1.165) is 5.56 Å². The van der Waals surface area contributed by atoms with Crippen LogP contribution < -0.4 is 0 Å². The number of aryl methyl sites for hydroxylation is 1. The highest BCUT2D eigenvalue weighted by Crippen LogP contribution is 2.23. The molecule has 0 aliphatic carbocycles. The molecule has 1 atom stereocenters. The number of hydrogen-bond acceptors (Lipinski definition) is 1. The third kappa shape index (κ3) is 1.27. The van der Waals surface area contributed by atoms with Gasteiger partial charge in [-0.1, -0.05) is 6.07 Å². The summed E-state index contributed by atoms with van der Waals surface area (Å²) in [5, 5.41) is 10.0. The maximum Gasteiger partial charge on any atom is 0.0700 e. The smallest absolute Gasteiger partial charge is 0.0700 e. The van der Waals surface area contributed by atoms with E-state index in [-0.39, 0.29) is 5.92 Å². The second-order valence-corrected chi connectivity index (χ2v) is 3.63. The number of benzene rings is 1. The molecule has 0 aliphatic heterocycles. The van der Waals surface area contributed by atoms with Gasteiger partial charge >= 0.3 is 0 Å². The van der Waals surface area contributed by atoms with E-state index in [1.54, 1.807) is 0 Å². The zero-order valence-corrected chi connectivity index (χ0v) is 8.33. The highest BCUT2D eigenvalue weighted by molar-refractivity contribution is 5.83. The Kier molecular flexibility index (Phi) is 2.01. The number of fused-ring (bicyclic) bond motifs is 1. The van der Waals surface area contributed by atoms with Gasteiger partial charge in [0, 0.05) is 11.7 Å². The number of H-pyrrole nitrogens is 1. The molecule has 0 amide bonds. The molecule has 2 nitrogen and oxygen atoms in total. The van der Waals surface area contributed by atoms with Gasteiger partial charge in [-0.3, -0.25) is 0 Å². The lowest BCUT2D eigenvalue weighted by Crippen LogP contribution is -1.90. The third-order valence-corrected chi connectivity index (χ3v) is 2.57. The molecule has 0 saturated heterocycles. The highest BCUT2D eigenvalue weighted by Gasteiger charge is 2.07. The van der Waals surface area contributed by atoms with E-state index in [2.05, 4.69) is 30.1 Å². The van der Waals surface area contributed by atoms with Gasteiger partial charge in [-0.15, -0.1) is 0 Å². The maximum absolute atomic E-state index is 8.84. The van der Waals surface area contributed by atoms with Crippen molar-refractivity contribution in [1.82, 2.24) is 4.98 Å². The molecule has 0 saturated carbocycles. The number of nitriles is 1. The molecule has 1 heterocycles. The highest BCUT2D eigenvalue weighted by atomic mass is 14.7. The van der Waals surface area contributed by atoms with Crippen molar-refractivity contribution < 1.29 is 0 Å². The minimum atomic E-state index is -0.0343. The fourth-order valence-electron chi connectivity index (χ4n) is 1.71. The summed E-state index contributed by atoms with van der Waals surface area (Å²) in [4.78, 5) is 3.19. The Labute approximate surface area is 83.2 Å². The van der Waals surface area contributed by atoms with Gasteiger partial charge in [0.15, 0.2) is 0 Å². The summed E-state index contributed by atoms with van der Waals surface area (Å²) >= 11 is 0. The summed E-state index contributed by atoms with van der Waals surface area (Å²) in [6.45, 7) is 3.99. The quantitative estimate of drug-likeness (QED) is 0.726. The van der Waals surface area contributed by atoms with Gasteiger partial charge in [0.1, 0.15) is 0 Å². The summed E-state index contributed by atoms with van der Waals surface area (Å²) in [7, 11) is 0. The first-order chi connectivity index (χ1) is 6.72. The zero-order chi connectivity index (χ0) is 10.1. The Hall–Kier alpha value is -1.75. The Morgan fingerprint density at radius 3 is 2.93 bits per heavy atom. The van der Waals surface area contributed by atoms with Crippen molar-refractivity contribution in [2.24, 2.45) is 0 Å². The minimum Gasteiger partial charge on any atom is -0.361 e. The fourth-order valence-corrected chi connectivity index (χ4v) is 1.71. The molecular formula is C12H12N2. The van der Waals surface area contributed by atoms with Crippen LogP contribution in [0.4, 0.5) is 0 Å². The van der Waals surface area contributed by atoms with E-state index in [1.165, 1.54) is 16.5 Å². The molecule has 0 spiro atoms. The summed E-state index contributed by atoms with van der Waals surface area (Å²) in [5.74, 6) is -0.0343. The molecule has 14 heavy (non-hydrogen) atoms. The van der Waals surface area contributed by atoms with Crippen LogP contribution in [0.15, 0.2) is 24.4 Å². The first-order valence-electron chi connectivity index (χ1n) is 4.69. The lowest BCUT2D eigenvalue weighted by Gasteiger charge is -2.05. The van der Waals surface area contributed by atoms with Gasteiger partial charge < -0.3 is 4.98 Å². The van der Waals surface area contributed by atoms with Crippen molar-refractivity contribution in [1.29, 1.82) is 5.26 Å². The lowest BCUT2D eigenvalue weighted by atomic mass is 9.99. The monoisotopic (exact) mass is 184 g/mol. The van der Waals surface area contributed by atoms with E-state index < -0.39 is 0 Å². The van der Waals surface area contributed by atoms with Gasteiger partial charge in [0.05, 0.1) is 12.0 Å². The predicted molar refractivity (Wildman–Crippen MR) is 57.1 cm³/mol. The van der Waals surface area contributed by atoms with Gasteiger partial charge in [-0.2, -0.15) is 5.26 Å². The third-order valence-electron chi connectivity index (χ3n) is 2.57. The normalized spacial score (nSPS) is 12.6. The average molecular weight is 184 g/mol. The molecule has 0 fully saturated rings. The van der Waals surface area contributed by atoms with Crippen LogP contribution in [0.5, 0.6) is 0 Å². The Morgan fingerprint density at radius 2 is 2.21 bits per heavy atom. The molecule has 0 aliphatic rings. The molecule has 1 aromatic carbocycles. The number of rotatable bonds is 1. The fraction of sp³-hybridized carbons (Fsp3) is 0.250. The molecule has 1 unspecified atom stereocenters. The molecule has 2 aromatic rings. The second-order valence-electron chi connectivity index (χ2n) is 3.63. The molecule has 2 rings (SSSR count). The minimum absolute atomic E-state index is 0.0343. The first kappa shape index (κ1) is 8.83. The second kappa shape index (κ2) is 3.19. The summed E-state index contributed by atoms with van der Waals surface area (Å²) in [5.41, 5.74) is 3.46. The van der Waals surface area contributed by atoms with Crippen LogP contribution in [0.3, 0.4) is 0 Å². The number of nitrogens with one attached hydrogen (secondary N) is 1.